The van der Waals surface area contributed by atoms with Gasteiger partial charge in [0.05, 0.1) is 19.8 Å². The summed E-state index contributed by atoms with van der Waals surface area (Å²) in [6.45, 7) is 5.10. The number of nitrogens with two attached hydrogens (primary N) is 1. The van der Waals surface area contributed by atoms with Gasteiger partial charge in [0.2, 0.25) is 0 Å². The van der Waals surface area contributed by atoms with E-state index >= 15 is 0 Å². The molecule has 0 saturated carbocycles. The molecule has 0 heterocycles. The Hall–Kier alpha value is -1.79. The molecule has 0 aromatic heterocycles. The van der Waals surface area contributed by atoms with Crippen molar-refractivity contribution in [3.63, 3.8) is 0 Å². The number of amides is 1. The maximum atomic E-state index is 11.8. The number of nitrogens with one attached hydrogen (secondary N) is 1. The minimum atomic E-state index is -0.616. The molecule has 0 fully saturated rings. The molecule has 1 rings (SSSR count). The second-order valence-corrected chi connectivity index (χ2v) is 5.37. The zero-order chi connectivity index (χ0) is 15.3. The quantitative estimate of drug-likeness (QED) is 0.785. The van der Waals surface area contributed by atoms with Crippen LogP contribution in [0.3, 0.4) is 0 Å². The average molecular weight is 282 g/mol. The molecule has 0 saturated heterocycles. The summed E-state index contributed by atoms with van der Waals surface area (Å²) in [4.78, 5) is 11.8. The van der Waals surface area contributed by atoms with E-state index in [1.54, 1.807) is 39.0 Å². The fourth-order valence-electron chi connectivity index (χ4n) is 1.60. The van der Waals surface area contributed by atoms with Gasteiger partial charge in [-0.2, -0.15) is 0 Å². The van der Waals surface area contributed by atoms with Crippen LogP contribution in [0.25, 0.3) is 0 Å². The molecule has 6 heteroatoms. The second kappa shape index (κ2) is 6.58. The van der Waals surface area contributed by atoms with E-state index in [2.05, 4.69) is 5.32 Å². The summed E-state index contributed by atoms with van der Waals surface area (Å²) in [6, 6.07) is 4.41. The maximum absolute atomic E-state index is 11.8. The first-order chi connectivity index (χ1) is 9.26. The van der Waals surface area contributed by atoms with Crippen molar-refractivity contribution in [3.05, 3.63) is 23.8 Å². The predicted molar refractivity (Wildman–Crippen MR) is 76.9 cm³/mol. The van der Waals surface area contributed by atoms with E-state index < -0.39 is 17.7 Å². The Balaban J connectivity index is 2.96. The second-order valence-electron chi connectivity index (χ2n) is 5.37. The molecule has 1 aromatic rings. The molecular weight excluding hydrogens is 260 g/mol. The molecule has 4 N–H and O–H groups in total. The monoisotopic (exact) mass is 282 g/mol. The zero-order valence-electron chi connectivity index (χ0n) is 12.3. The minimum absolute atomic E-state index is 0.240. The van der Waals surface area contributed by atoms with Crippen LogP contribution in [0.4, 0.5) is 10.5 Å². The van der Waals surface area contributed by atoms with Crippen LogP contribution < -0.4 is 15.8 Å². The lowest BCUT2D eigenvalue weighted by Crippen LogP contribution is -2.28. The smallest absolute Gasteiger partial charge is 0.412 e. The number of benzene rings is 1. The third-order valence-corrected chi connectivity index (χ3v) is 2.49. The molecule has 0 aliphatic heterocycles. The van der Waals surface area contributed by atoms with Gasteiger partial charge in [-0.1, -0.05) is 0 Å². The number of aliphatic hydroxyl groups excluding tert-OH is 1. The van der Waals surface area contributed by atoms with E-state index in [1.807, 2.05) is 0 Å². The van der Waals surface area contributed by atoms with Gasteiger partial charge in [-0.25, -0.2) is 4.79 Å². The highest BCUT2D eigenvalue weighted by Gasteiger charge is 2.19. The van der Waals surface area contributed by atoms with E-state index in [1.165, 1.54) is 7.11 Å². The van der Waals surface area contributed by atoms with Crippen LogP contribution >= 0.6 is 0 Å². The Bertz CT molecular complexity index is 469. The lowest BCUT2D eigenvalue weighted by molar-refractivity contribution is 0.0635. The minimum Gasteiger partial charge on any atom is -0.497 e. The summed E-state index contributed by atoms with van der Waals surface area (Å²) < 4.78 is 10.3. The Morgan fingerprint density at radius 3 is 2.60 bits per heavy atom. The van der Waals surface area contributed by atoms with E-state index in [0.29, 0.717) is 17.0 Å². The van der Waals surface area contributed by atoms with Gasteiger partial charge >= 0.3 is 6.09 Å². The van der Waals surface area contributed by atoms with Gasteiger partial charge < -0.3 is 20.3 Å². The van der Waals surface area contributed by atoms with Gasteiger partial charge in [-0.3, -0.25) is 5.32 Å². The highest BCUT2D eigenvalue weighted by Crippen LogP contribution is 2.27. The maximum Gasteiger partial charge on any atom is 0.412 e. The van der Waals surface area contributed by atoms with Crippen molar-refractivity contribution in [1.82, 2.24) is 0 Å². The Labute approximate surface area is 118 Å². The molecule has 0 aliphatic carbocycles. The molecule has 112 valence electrons. The van der Waals surface area contributed by atoms with Crippen molar-refractivity contribution in [2.45, 2.75) is 32.4 Å². The largest absolute Gasteiger partial charge is 0.497 e. The van der Waals surface area contributed by atoms with Crippen molar-refractivity contribution in [2.75, 3.05) is 19.0 Å². The summed E-state index contributed by atoms with van der Waals surface area (Å²) in [5.41, 5.74) is 6.31. The van der Waals surface area contributed by atoms with Crippen LogP contribution in [0.2, 0.25) is 0 Å². The number of ether oxygens (including phenoxy) is 2. The summed E-state index contributed by atoms with van der Waals surface area (Å²) in [5, 5.41) is 11.8. The van der Waals surface area contributed by atoms with Gasteiger partial charge in [0.15, 0.2) is 0 Å². The topological polar surface area (TPSA) is 93.8 Å². The lowest BCUT2D eigenvalue weighted by Gasteiger charge is -2.21. The number of anilines is 1. The van der Waals surface area contributed by atoms with Crippen LogP contribution in [-0.4, -0.2) is 30.5 Å². The molecular formula is C14H22N2O4. The van der Waals surface area contributed by atoms with Gasteiger partial charge in [0.25, 0.3) is 0 Å². The standard InChI is InChI=1S/C14H22N2O4/c1-14(2,3)20-13(18)16-12-6-5-9(19-4)7-10(12)11(15)8-17/h5-7,11,17H,8,15H2,1-4H3,(H,16,18)/t11-/m1/s1. The number of methoxy groups -OCH3 is 1. The fraction of sp³-hybridized carbons (Fsp3) is 0.500. The van der Waals surface area contributed by atoms with Gasteiger partial charge in [0.1, 0.15) is 11.4 Å². The fourth-order valence-corrected chi connectivity index (χ4v) is 1.60. The van der Waals surface area contributed by atoms with E-state index in [-0.39, 0.29) is 6.61 Å². The first kappa shape index (κ1) is 16.3. The van der Waals surface area contributed by atoms with Crippen molar-refractivity contribution >= 4 is 11.8 Å². The van der Waals surface area contributed by atoms with Crippen LogP contribution in [-0.2, 0) is 4.74 Å². The Morgan fingerprint density at radius 1 is 1.45 bits per heavy atom. The number of aliphatic hydroxyl groups is 1. The van der Waals surface area contributed by atoms with E-state index in [4.69, 9.17) is 15.2 Å². The first-order valence-corrected chi connectivity index (χ1v) is 6.31. The van der Waals surface area contributed by atoms with Gasteiger partial charge in [-0.15, -0.1) is 0 Å². The third-order valence-electron chi connectivity index (χ3n) is 2.49. The first-order valence-electron chi connectivity index (χ1n) is 6.31. The summed E-state index contributed by atoms with van der Waals surface area (Å²) in [7, 11) is 1.53. The van der Waals surface area contributed by atoms with Crippen molar-refractivity contribution < 1.29 is 19.4 Å². The Morgan fingerprint density at radius 2 is 2.10 bits per heavy atom. The van der Waals surface area contributed by atoms with E-state index in [9.17, 15) is 9.90 Å². The highest BCUT2D eigenvalue weighted by molar-refractivity contribution is 5.86. The predicted octanol–water partition coefficient (Wildman–Crippen LogP) is 2.03. The number of carbonyl (C=O) groups excluding carboxylic acids is 1. The van der Waals surface area contributed by atoms with Crippen molar-refractivity contribution in [2.24, 2.45) is 5.73 Å². The summed E-state index contributed by atoms with van der Waals surface area (Å²) in [5.74, 6) is 0.596. The molecule has 6 nitrogen and oxygen atoms in total. The summed E-state index contributed by atoms with van der Waals surface area (Å²) in [6.07, 6.45) is -0.575. The summed E-state index contributed by atoms with van der Waals surface area (Å²) >= 11 is 0. The number of hydrogen-bond donors (Lipinski definition) is 3. The molecule has 0 bridgehead atoms. The van der Waals surface area contributed by atoms with Gasteiger partial charge in [0, 0.05) is 5.69 Å². The molecule has 0 unspecified atom stereocenters. The number of rotatable bonds is 4. The number of carbonyl (C=O) groups is 1. The number of hydrogen-bond acceptors (Lipinski definition) is 5. The molecule has 1 amide bonds. The van der Waals surface area contributed by atoms with Crippen LogP contribution in [0, 0.1) is 0 Å². The van der Waals surface area contributed by atoms with Crippen LogP contribution in [0.1, 0.15) is 32.4 Å². The van der Waals surface area contributed by atoms with E-state index in [0.717, 1.165) is 0 Å². The average Bonchev–Trinajstić information content (AvgIpc) is 2.36. The van der Waals surface area contributed by atoms with Crippen molar-refractivity contribution in [3.8, 4) is 5.75 Å². The van der Waals surface area contributed by atoms with Crippen molar-refractivity contribution in [1.29, 1.82) is 0 Å². The van der Waals surface area contributed by atoms with Gasteiger partial charge in [-0.05, 0) is 44.5 Å². The van der Waals surface area contributed by atoms with Crippen LogP contribution in [0.15, 0.2) is 18.2 Å². The highest BCUT2D eigenvalue weighted by atomic mass is 16.6. The SMILES string of the molecule is COc1ccc(NC(=O)OC(C)(C)C)c([C@H](N)CO)c1. The zero-order valence-corrected chi connectivity index (χ0v) is 12.3. The molecule has 0 spiro atoms. The Kier molecular flexibility index (Phi) is 5.35. The molecule has 0 radical (unpaired) electrons. The lowest BCUT2D eigenvalue weighted by atomic mass is 10.1. The molecule has 20 heavy (non-hydrogen) atoms. The normalized spacial score (nSPS) is 12.7. The van der Waals surface area contributed by atoms with Crippen LogP contribution in [0.5, 0.6) is 5.75 Å². The molecule has 0 aliphatic rings. The molecule has 1 aromatic carbocycles. The molecule has 1 atom stereocenters. The third kappa shape index (κ3) is 4.71.